The van der Waals surface area contributed by atoms with Crippen LogP contribution in [0.1, 0.15) is 111 Å². The Bertz CT molecular complexity index is 2400. The van der Waals surface area contributed by atoms with E-state index >= 15 is 0 Å². The fourth-order valence-corrected chi connectivity index (χ4v) is 8.47. The summed E-state index contributed by atoms with van der Waals surface area (Å²) >= 11 is 0. The van der Waals surface area contributed by atoms with Crippen LogP contribution in [-0.4, -0.2) is 90.0 Å². The van der Waals surface area contributed by atoms with Gasteiger partial charge in [0.05, 0.1) is 12.1 Å². The number of benzene rings is 3. The number of nitrogens with two attached hydrogens (primary N) is 3. The molecule has 0 spiro atoms. The van der Waals surface area contributed by atoms with Crippen molar-refractivity contribution in [2.75, 3.05) is 39.9 Å². The third kappa shape index (κ3) is 13.9. The first kappa shape index (κ1) is 51.6. The highest BCUT2D eigenvalue weighted by Gasteiger charge is 2.36. The summed E-state index contributed by atoms with van der Waals surface area (Å²) in [5.41, 5.74) is 22.9. The minimum atomic E-state index is -1.22. The van der Waals surface area contributed by atoms with Gasteiger partial charge in [0.1, 0.15) is 36.6 Å². The summed E-state index contributed by atoms with van der Waals surface area (Å²) in [5.74, 6) is -2.16. The Morgan fingerprint density at radius 1 is 0.881 bits per heavy atom. The fourth-order valence-electron chi connectivity index (χ4n) is 8.47. The van der Waals surface area contributed by atoms with Gasteiger partial charge in [-0.05, 0) is 79.3 Å². The first-order valence-electron chi connectivity index (χ1n) is 23.4. The molecule has 67 heavy (non-hydrogen) atoms. The number of ether oxygens (including phenoxy) is 2. The molecule has 2 amide bonds. The second kappa shape index (κ2) is 25.5. The number of unbranched alkanes of at least 4 members (excludes halogenated alkanes) is 3. The molecule has 1 aliphatic heterocycles. The van der Waals surface area contributed by atoms with Crippen LogP contribution in [0, 0.1) is 30.1 Å². The Labute approximate surface area is 394 Å². The number of carbonyl (C=O) groups is 5. The van der Waals surface area contributed by atoms with Crippen molar-refractivity contribution in [3.63, 3.8) is 0 Å². The smallest absolute Gasteiger partial charge is 0.226 e. The lowest BCUT2D eigenvalue weighted by Gasteiger charge is -2.32. The fraction of sp³-hybridized carbons (Fsp3) is 0.462. The van der Waals surface area contributed by atoms with E-state index in [4.69, 9.17) is 26.7 Å². The quantitative estimate of drug-likeness (QED) is 0.0510. The van der Waals surface area contributed by atoms with Gasteiger partial charge in [-0.3, -0.25) is 24.0 Å². The summed E-state index contributed by atoms with van der Waals surface area (Å²) in [4.78, 5) is 81.4. The molecule has 7 N–H and O–H groups in total. The molecule has 0 unspecified atom stereocenters. The van der Waals surface area contributed by atoms with Crippen LogP contribution in [0.5, 0.6) is 11.5 Å². The Hall–Kier alpha value is -6.34. The van der Waals surface area contributed by atoms with Crippen LogP contribution in [0.25, 0.3) is 22.3 Å². The lowest BCUT2D eigenvalue weighted by Crippen LogP contribution is -2.46. The number of fused-ring (bicyclic) bond motifs is 5. The minimum absolute atomic E-state index is 0.0280. The van der Waals surface area contributed by atoms with Crippen molar-refractivity contribution < 1.29 is 33.4 Å². The standard InChI is InChI=1S/C52H66N8O7/c1-5-6-7-8-11-49-57-31-39(32-58-49)36-13-15-40(33(2)25-36)45(62)30-38(18-20-54)52(65)60(4)50-37-14-17-48(67-24-22-56)42(29-37)41-27-35(12-16-47(41)66-23-21-55)28-43(44(61)10-9-19-53)59-51(64)34(3)26-46(50)63/h12-17,25,27,29,31-32,34,38,43,50H,5-11,18,20-24,26,28,30,54-56H2,1-4H3,(H,59,64)/t34-,38-,43+,50+/m1/s1. The highest BCUT2D eigenvalue weighted by molar-refractivity contribution is 6.01. The van der Waals surface area contributed by atoms with Gasteiger partial charge in [0, 0.05) is 98.7 Å². The molecule has 0 saturated heterocycles. The molecule has 1 aliphatic rings. The van der Waals surface area contributed by atoms with Gasteiger partial charge in [0.15, 0.2) is 17.3 Å². The molecule has 15 nitrogen and oxygen atoms in total. The van der Waals surface area contributed by atoms with Crippen molar-refractivity contribution in [3.05, 3.63) is 95.1 Å². The van der Waals surface area contributed by atoms with Crippen LogP contribution in [0.3, 0.4) is 0 Å². The molecule has 1 aromatic heterocycles. The molecule has 356 valence electrons. The summed E-state index contributed by atoms with van der Waals surface area (Å²) < 4.78 is 12.3. The SMILES string of the molecule is CCCCCCc1ncc(-c2ccc(C(=O)C[C@@H](CCN)C(=O)N(C)[C@@H]3C(=O)C[C@@H](C)C(=O)N[C@H](C(=O)CCC#N)Cc4ccc(OCCN)c(c4)-c4cc3ccc4OCCN)c(C)c2)cn1. The number of hydrogen-bond acceptors (Lipinski definition) is 13. The van der Waals surface area contributed by atoms with E-state index in [1.54, 1.807) is 55.7 Å². The number of hydrogen-bond donors (Lipinski definition) is 4. The number of nitrogens with zero attached hydrogens (tertiary/aromatic N) is 4. The maximum Gasteiger partial charge on any atom is 0.226 e. The Morgan fingerprint density at radius 3 is 2.21 bits per heavy atom. The van der Waals surface area contributed by atoms with Gasteiger partial charge in [-0.15, -0.1) is 0 Å². The van der Waals surface area contributed by atoms with E-state index in [0.29, 0.717) is 39.3 Å². The van der Waals surface area contributed by atoms with Crippen LogP contribution in [0.2, 0.25) is 0 Å². The molecule has 4 aromatic rings. The summed E-state index contributed by atoms with van der Waals surface area (Å²) in [6, 6.07) is 15.8. The molecule has 0 saturated carbocycles. The zero-order valence-electron chi connectivity index (χ0n) is 39.4. The summed E-state index contributed by atoms with van der Waals surface area (Å²) in [7, 11) is 1.52. The van der Waals surface area contributed by atoms with Crippen LogP contribution in [0.4, 0.5) is 0 Å². The minimum Gasteiger partial charge on any atom is -0.492 e. The number of aromatic nitrogens is 2. The summed E-state index contributed by atoms with van der Waals surface area (Å²) in [6.07, 6.45) is 8.67. The third-order valence-electron chi connectivity index (χ3n) is 12.1. The van der Waals surface area contributed by atoms with Crippen molar-refractivity contribution in [2.24, 2.45) is 29.0 Å². The summed E-state index contributed by atoms with van der Waals surface area (Å²) in [6.45, 7) is 6.51. The molecular formula is C52H66N8O7. The van der Waals surface area contributed by atoms with E-state index in [9.17, 15) is 29.2 Å². The Morgan fingerprint density at radius 2 is 1.57 bits per heavy atom. The van der Waals surface area contributed by atoms with E-state index in [1.165, 1.54) is 18.4 Å². The number of nitrogens with one attached hydrogen (secondary N) is 1. The van der Waals surface area contributed by atoms with Crippen LogP contribution < -0.4 is 32.0 Å². The number of nitriles is 1. The van der Waals surface area contributed by atoms with Gasteiger partial charge in [-0.25, -0.2) is 9.97 Å². The van der Waals surface area contributed by atoms with Crippen LogP contribution >= 0.6 is 0 Å². The van der Waals surface area contributed by atoms with Gasteiger partial charge in [0.2, 0.25) is 11.8 Å². The average Bonchev–Trinajstić information content (AvgIpc) is 3.32. The lowest BCUT2D eigenvalue weighted by molar-refractivity contribution is -0.142. The maximum absolute atomic E-state index is 14.8. The predicted octanol–water partition coefficient (Wildman–Crippen LogP) is 6.16. The van der Waals surface area contributed by atoms with E-state index in [0.717, 1.165) is 48.2 Å². The van der Waals surface area contributed by atoms with Gasteiger partial charge in [-0.2, -0.15) is 5.26 Å². The number of aryl methyl sites for hydroxylation is 2. The van der Waals surface area contributed by atoms with Gasteiger partial charge in [-0.1, -0.05) is 63.4 Å². The second-order valence-corrected chi connectivity index (χ2v) is 17.3. The van der Waals surface area contributed by atoms with Crippen LogP contribution in [-0.2, 0) is 32.0 Å². The Balaban J connectivity index is 1.51. The highest BCUT2D eigenvalue weighted by atomic mass is 16.5. The molecule has 4 bridgehead atoms. The first-order chi connectivity index (χ1) is 32.3. The number of amides is 2. The highest BCUT2D eigenvalue weighted by Crippen LogP contribution is 2.41. The van der Waals surface area contributed by atoms with E-state index in [2.05, 4.69) is 22.2 Å². The van der Waals surface area contributed by atoms with Gasteiger partial charge in [0.25, 0.3) is 0 Å². The number of Topliss-reactive ketones (excluding diaryl/α,β-unsaturated/α-hetero) is 3. The molecule has 2 heterocycles. The second-order valence-electron chi connectivity index (χ2n) is 17.3. The molecule has 5 rings (SSSR count). The zero-order valence-corrected chi connectivity index (χ0v) is 39.4. The van der Waals surface area contributed by atoms with E-state index < -0.39 is 41.5 Å². The number of likely N-dealkylation sites (N-methyl/N-ethyl adjacent to an activating group) is 1. The molecule has 0 radical (unpaired) electrons. The van der Waals surface area contributed by atoms with Crippen molar-refractivity contribution in [3.8, 4) is 39.8 Å². The Kier molecular flexibility index (Phi) is 19.7. The average molecular weight is 915 g/mol. The third-order valence-corrected chi connectivity index (χ3v) is 12.1. The molecule has 0 aliphatic carbocycles. The zero-order chi connectivity index (χ0) is 48.5. The summed E-state index contributed by atoms with van der Waals surface area (Å²) in [5, 5.41) is 12.1. The normalized spacial score (nSPS) is 16.5. The van der Waals surface area contributed by atoms with Crippen LogP contribution in [0.15, 0.2) is 67.0 Å². The van der Waals surface area contributed by atoms with Crippen molar-refractivity contribution >= 4 is 29.2 Å². The van der Waals surface area contributed by atoms with E-state index in [1.807, 2.05) is 31.2 Å². The molecule has 4 atom stereocenters. The maximum atomic E-state index is 14.8. The first-order valence-corrected chi connectivity index (χ1v) is 23.4. The van der Waals surface area contributed by atoms with Gasteiger partial charge >= 0.3 is 0 Å². The number of rotatable bonds is 22. The van der Waals surface area contributed by atoms with Crippen molar-refractivity contribution in [2.45, 2.75) is 103 Å². The predicted molar refractivity (Wildman–Crippen MR) is 257 cm³/mol. The largest absolute Gasteiger partial charge is 0.492 e. The molecular weight excluding hydrogens is 849 g/mol. The molecule has 3 aromatic carbocycles. The monoisotopic (exact) mass is 915 g/mol. The topological polar surface area (TPSA) is 247 Å². The molecule has 15 heteroatoms. The lowest BCUT2D eigenvalue weighted by atomic mass is 9.87. The van der Waals surface area contributed by atoms with Gasteiger partial charge < -0.3 is 36.9 Å². The number of carbonyl (C=O) groups excluding carboxylic acids is 5. The van der Waals surface area contributed by atoms with E-state index in [-0.39, 0.29) is 82.9 Å². The molecule has 0 fully saturated rings. The number of ketones is 3. The van der Waals surface area contributed by atoms with Crippen molar-refractivity contribution in [1.29, 1.82) is 5.26 Å². The van der Waals surface area contributed by atoms with Crippen molar-refractivity contribution in [1.82, 2.24) is 20.2 Å².